The number of methoxy groups -OCH3 is 1. The lowest BCUT2D eigenvalue weighted by Gasteiger charge is -2.27. The predicted octanol–water partition coefficient (Wildman–Crippen LogP) is 0.819. The Kier molecular flexibility index (Phi) is 4.09. The third kappa shape index (κ3) is 2.44. The van der Waals surface area contributed by atoms with Gasteiger partial charge in [-0.05, 0) is 0 Å². The van der Waals surface area contributed by atoms with E-state index in [4.69, 9.17) is 4.74 Å². The Hall–Kier alpha value is -0.880. The highest BCUT2D eigenvalue weighted by atomic mass is 32.2. The van der Waals surface area contributed by atoms with E-state index in [0.29, 0.717) is 13.0 Å². The molecule has 90 valence electrons. The fourth-order valence-electron chi connectivity index (χ4n) is 2.06. The van der Waals surface area contributed by atoms with Gasteiger partial charge in [0, 0.05) is 13.3 Å². The third-order valence-corrected chi connectivity index (χ3v) is 3.91. The van der Waals surface area contributed by atoms with Crippen LogP contribution in [0.4, 0.5) is 4.79 Å². The molecule has 1 unspecified atom stereocenters. The van der Waals surface area contributed by atoms with Crippen LogP contribution in [0.5, 0.6) is 0 Å². The van der Waals surface area contributed by atoms with E-state index < -0.39 is 12.1 Å². The molecule has 0 N–H and O–H groups in total. The molecule has 0 spiro atoms. The Morgan fingerprint density at radius 3 is 2.56 bits per heavy atom. The molecule has 5 nitrogen and oxygen atoms in total. The van der Waals surface area contributed by atoms with Crippen LogP contribution in [-0.4, -0.2) is 54.0 Å². The number of carbonyl (C=O) groups is 3. The first kappa shape index (κ1) is 13.2. The first-order valence-corrected chi connectivity index (χ1v) is 5.88. The summed E-state index contributed by atoms with van der Waals surface area (Å²) >= 11 is 1.19. The van der Waals surface area contributed by atoms with Crippen LogP contribution < -0.4 is 0 Å². The summed E-state index contributed by atoms with van der Waals surface area (Å²) in [5.41, 5.74) is 0. The highest BCUT2D eigenvalue weighted by Gasteiger charge is 2.50. The van der Waals surface area contributed by atoms with E-state index in [-0.39, 0.29) is 14.8 Å². The van der Waals surface area contributed by atoms with Crippen LogP contribution in [0.25, 0.3) is 0 Å². The smallest absolute Gasteiger partial charge is 0.423 e. The van der Waals surface area contributed by atoms with E-state index in [0.717, 1.165) is 6.29 Å². The molecule has 1 saturated heterocycles. The van der Waals surface area contributed by atoms with Crippen molar-refractivity contribution in [1.82, 2.24) is 0 Å². The summed E-state index contributed by atoms with van der Waals surface area (Å²) in [7, 11) is 2.98. The van der Waals surface area contributed by atoms with Gasteiger partial charge in [0.15, 0.2) is 17.4 Å². The molecule has 0 bridgehead atoms. The molecule has 3 atom stereocenters. The molecule has 16 heavy (non-hydrogen) atoms. The summed E-state index contributed by atoms with van der Waals surface area (Å²) in [5.74, 6) is 0. The molecule has 6 heteroatoms. The number of likely N-dealkylation sites (N-methyl/N-ethyl adjacent to an activating group) is 1. The first-order chi connectivity index (χ1) is 7.43. The largest absolute Gasteiger partial charge is 0.516 e. The van der Waals surface area contributed by atoms with Crippen molar-refractivity contribution in [1.29, 1.82) is 0 Å². The molecule has 0 aromatic carbocycles. The maximum absolute atomic E-state index is 11.6. The number of likely N-dealkylation sites (tertiary alicyclic amines) is 1. The maximum atomic E-state index is 11.6. The Bertz CT molecular complexity index is 320. The number of carbonyl (C=O) groups excluding carboxylic acids is 3. The number of ether oxygens (including phenoxy) is 1. The lowest BCUT2D eigenvalue weighted by Crippen LogP contribution is -2.53. The van der Waals surface area contributed by atoms with E-state index in [9.17, 15) is 14.4 Å². The predicted molar refractivity (Wildman–Crippen MR) is 60.0 cm³/mol. The summed E-state index contributed by atoms with van der Waals surface area (Å²) < 4.78 is 4.64. The Labute approximate surface area is 98.7 Å². The molecule has 1 aliphatic rings. The average molecular weight is 246 g/mol. The van der Waals surface area contributed by atoms with Gasteiger partial charge in [-0.1, -0.05) is 11.8 Å². The minimum Gasteiger partial charge on any atom is -0.423 e. The second-order valence-corrected chi connectivity index (χ2v) is 5.57. The van der Waals surface area contributed by atoms with E-state index in [1.807, 2.05) is 0 Å². The Balaban J connectivity index is 2.82. The van der Waals surface area contributed by atoms with Gasteiger partial charge in [-0.3, -0.25) is 9.59 Å². The van der Waals surface area contributed by atoms with Crippen molar-refractivity contribution in [3.05, 3.63) is 0 Å². The van der Waals surface area contributed by atoms with Crippen LogP contribution in [0.2, 0.25) is 0 Å². The zero-order valence-corrected chi connectivity index (χ0v) is 10.5. The fraction of sp³-hybridized carbons (Fsp3) is 0.700. The molecule has 0 radical (unpaired) electrons. The minimum absolute atomic E-state index is 0.00737. The van der Waals surface area contributed by atoms with Crippen molar-refractivity contribution < 1.29 is 23.6 Å². The van der Waals surface area contributed by atoms with E-state index in [1.165, 1.54) is 25.8 Å². The van der Waals surface area contributed by atoms with Gasteiger partial charge in [0.1, 0.15) is 6.54 Å². The van der Waals surface area contributed by atoms with Gasteiger partial charge in [0.05, 0.1) is 19.4 Å². The average Bonchev–Trinajstić information content (AvgIpc) is 2.53. The summed E-state index contributed by atoms with van der Waals surface area (Å²) in [6.45, 7) is 1.95. The Morgan fingerprint density at radius 1 is 1.50 bits per heavy atom. The normalized spacial score (nSPS) is 33.4. The van der Waals surface area contributed by atoms with E-state index >= 15 is 0 Å². The van der Waals surface area contributed by atoms with Gasteiger partial charge in [-0.15, -0.1) is 0 Å². The third-order valence-electron chi connectivity index (χ3n) is 2.90. The number of quaternary nitrogens is 1. The minimum atomic E-state index is -0.427. The topological polar surface area (TPSA) is 60.4 Å². The molecule has 1 rings (SSSR count). The van der Waals surface area contributed by atoms with Crippen LogP contribution in [0.3, 0.4) is 0 Å². The number of hydrogen-bond acceptors (Lipinski definition) is 5. The van der Waals surface area contributed by atoms with Crippen LogP contribution in [0.15, 0.2) is 0 Å². The summed E-state index contributed by atoms with van der Waals surface area (Å²) in [6, 6.07) is -0.413. The SMILES string of the molecule is COC(=O)[N+]1(C)C[C@@H](SC(C)=O)C[C@H]1C=O. The maximum Gasteiger partial charge on any atom is 0.516 e. The number of nitrogens with zero attached hydrogens (tertiary/aromatic N) is 1. The standard InChI is InChI=1S/C10H16NO4S/c1-7(13)16-9-4-8(6-12)11(2,5-9)10(14)15-3/h6,8-9H,4-5H2,1-3H3/q+1/t8-,9-,11?/m0/s1. The van der Waals surface area contributed by atoms with Crippen molar-refractivity contribution in [2.45, 2.75) is 24.6 Å². The number of hydrogen-bond donors (Lipinski definition) is 0. The molecule has 0 saturated carbocycles. The monoisotopic (exact) mass is 246 g/mol. The van der Waals surface area contributed by atoms with Gasteiger partial charge in [-0.25, -0.2) is 4.48 Å². The number of thioether (sulfide) groups is 1. The molecule has 1 heterocycles. The number of amides is 1. The van der Waals surface area contributed by atoms with Crippen LogP contribution >= 0.6 is 11.8 Å². The van der Waals surface area contributed by atoms with Crippen molar-refractivity contribution in [3.63, 3.8) is 0 Å². The fourth-order valence-corrected chi connectivity index (χ4v) is 3.21. The molecule has 0 aromatic rings. The second kappa shape index (κ2) is 4.97. The quantitative estimate of drug-likeness (QED) is 0.533. The second-order valence-electron chi connectivity index (χ2n) is 4.09. The number of rotatable bonds is 2. The number of aldehydes is 1. The molecular weight excluding hydrogens is 230 g/mol. The molecular formula is C10H16NO4S+. The van der Waals surface area contributed by atoms with E-state index in [2.05, 4.69) is 0 Å². The highest BCUT2D eigenvalue weighted by molar-refractivity contribution is 8.14. The lowest BCUT2D eigenvalue weighted by molar-refractivity contribution is -0.839. The molecule has 0 aromatic heterocycles. The summed E-state index contributed by atoms with van der Waals surface area (Å²) in [6.07, 6.45) is 0.889. The molecule has 1 aliphatic heterocycles. The van der Waals surface area contributed by atoms with Gasteiger partial charge < -0.3 is 4.74 Å². The molecule has 1 amide bonds. The van der Waals surface area contributed by atoms with Crippen LogP contribution in [0, 0.1) is 0 Å². The van der Waals surface area contributed by atoms with Crippen molar-refractivity contribution in [3.8, 4) is 0 Å². The van der Waals surface area contributed by atoms with Gasteiger partial charge >= 0.3 is 6.09 Å². The van der Waals surface area contributed by atoms with Crippen molar-refractivity contribution in [2.24, 2.45) is 0 Å². The Morgan fingerprint density at radius 2 is 2.12 bits per heavy atom. The summed E-state index contributed by atoms with van der Waals surface area (Å²) in [4.78, 5) is 33.6. The van der Waals surface area contributed by atoms with Crippen LogP contribution in [-0.2, 0) is 14.3 Å². The van der Waals surface area contributed by atoms with Crippen molar-refractivity contribution in [2.75, 3.05) is 20.7 Å². The van der Waals surface area contributed by atoms with Crippen LogP contribution in [0.1, 0.15) is 13.3 Å². The zero-order valence-electron chi connectivity index (χ0n) is 9.63. The first-order valence-electron chi connectivity index (χ1n) is 5.00. The molecule has 1 fully saturated rings. The molecule has 0 aliphatic carbocycles. The zero-order chi connectivity index (χ0) is 12.3. The van der Waals surface area contributed by atoms with Gasteiger partial charge in [0.25, 0.3) is 0 Å². The van der Waals surface area contributed by atoms with Gasteiger partial charge in [0.2, 0.25) is 0 Å². The highest BCUT2D eigenvalue weighted by Crippen LogP contribution is 2.32. The van der Waals surface area contributed by atoms with Gasteiger partial charge in [-0.2, -0.15) is 4.79 Å². The van der Waals surface area contributed by atoms with E-state index in [1.54, 1.807) is 7.05 Å². The van der Waals surface area contributed by atoms with Crippen molar-refractivity contribution >= 4 is 29.3 Å². The summed E-state index contributed by atoms with van der Waals surface area (Å²) in [5, 5.41) is 0.0183. The lowest BCUT2D eigenvalue weighted by atomic mass is 10.2.